The van der Waals surface area contributed by atoms with Crippen LogP contribution < -0.4 is 14.8 Å². The summed E-state index contributed by atoms with van der Waals surface area (Å²) >= 11 is 0. The molecule has 134 valence electrons. The lowest BCUT2D eigenvalue weighted by atomic mass is 9.96. The lowest BCUT2D eigenvalue weighted by Gasteiger charge is -2.23. The molecule has 6 heteroatoms. The smallest absolute Gasteiger partial charge is 0.163 e. The summed E-state index contributed by atoms with van der Waals surface area (Å²) in [5.74, 6) is 2.10. The number of hydrogen-bond acceptors (Lipinski definition) is 5. The number of fused-ring (bicyclic) bond motifs is 1. The Morgan fingerprint density at radius 3 is 2.48 bits per heavy atom. The molecule has 0 amide bonds. The van der Waals surface area contributed by atoms with E-state index < -0.39 is 0 Å². The minimum Gasteiger partial charge on any atom is -0.493 e. The van der Waals surface area contributed by atoms with Crippen LogP contribution in [0.3, 0.4) is 0 Å². The number of nitrogens with zero attached hydrogens (tertiary/aromatic N) is 2. The zero-order chi connectivity index (χ0) is 18.0. The second-order valence-electron chi connectivity index (χ2n) is 6.35. The minimum atomic E-state index is -0.336. The van der Waals surface area contributed by atoms with Gasteiger partial charge in [-0.1, -0.05) is 0 Å². The average molecular weight is 345 g/mol. The fourth-order valence-corrected chi connectivity index (χ4v) is 3.32. The van der Waals surface area contributed by atoms with Gasteiger partial charge in [-0.25, -0.2) is 14.4 Å². The van der Waals surface area contributed by atoms with Gasteiger partial charge in [-0.05, 0) is 45.6 Å². The minimum absolute atomic E-state index is 0.264. The molecule has 0 saturated heterocycles. The fourth-order valence-electron chi connectivity index (χ4n) is 3.32. The van der Waals surface area contributed by atoms with Gasteiger partial charge in [0.2, 0.25) is 0 Å². The zero-order valence-corrected chi connectivity index (χ0v) is 15.1. The number of hydrogen-bond donors (Lipinski definition) is 1. The normalized spacial score (nSPS) is 14.6. The van der Waals surface area contributed by atoms with E-state index in [0.29, 0.717) is 17.1 Å². The summed E-state index contributed by atoms with van der Waals surface area (Å²) < 4.78 is 25.0. The molecule has 0 bridgehead atoms. The van der Waals surface area contributed by atoms with E-state index in [2.05, 4.69) is 15.3 Å². The van der Waals surface area contributed by atoms with Crippen LogP contribution >= 0.6 is 0 Å². The Bertz CT molecular complexity index is 780. The average Bonchev–Trinajstić information content (AvgIpc) is 2.61. The summed E-state index contributed by atoms with van der Waals surface area (Å²) in [6, 6.07) is 2.76. The van der Waals surface area contributed by atoms with Crippen molar-refractivity contribution >= 4 is 5.82 Å². The molecular weight excluding hydrogens is 321 g/mol. The number of halogens is 1. The molecule has 0 spiro atoms. The number of aryl methyl sites for hydroxylation is 2. The van der Waals surface area contributed by atoms with Crippen LogP contribution in [0, 0.1) is 12.7 Å². The molecule has 0 saturated carbocycles. The first-order valence-corrected chi connectivity index (χ1v) is 8.57. The van der Waals surface area contributed by atoms with Crippen LogP contribution in [0.2, 0.25) is 0 Å². The van der Waals surface area contributed by atoms with Crippen LogP contribution in [0.5, 0.6) is 11.5 Å². The Balaban J connectivity index is 1.93. The van der Waals surface area contributed by atoms with E-state index >= 15 is 0 Å². The lowest BCUT2D eigenvalue weighted by molar-refractivity contribution is 0.351. The summed E-state index contributed by atoms with van der Waals surface area (Å²) in [4.78, 5) is 9.12. The van der Waals surface area contributed by atoms with E-state index in [1.54, 1.807) is 13.2 Å². The van der Waals surface area contributed by atoms with E-state index in [9.17, 15) is 4.39 Å². The van der Waals surface area contributed by atoms with E-state index in [0.717, 1.165) is 48.6 Å². The number of rotatable bonds is 5. The number of anilines is 1. The highest BCUT2D eigenvalue weighted by Crippen LogP contribution is 2.34. The van der Waals surface area contributed by atoms with Crippen LogP contribution in [0.25, 0.3) is 0 Å². The molecule has 1 aliphatic rings. The summed E-state index contributed by atoms with van der Waals surface area (Å²) in [6.07, 6.45) is 4.22. The highest BCUT2D eigenvalue weighted by molar-refractivity contribution is 5.51. The predicted octanol–water partition coefficient (Wildman–Crippen LogP) is 3.99. The molecule has 1 aliphatic carbocycles. The number of nitrogens with one attached hydrogen (secondary N) is 1. The van der Waals surface area contributed by atoms with Gasteiger partial charge < -0.3 is 14.8 Å². The van der Waals surface area contributed by atoms with Gasteiger partial charge in [0, 0.05) is 22.9 Å². The Morgan fingerprint density at radius 2 is 1.76 bits per heavy atom. The highest BCUT2D eigenvalue weighted by atomic mass is 19.1. The van der Waals surface area contributed by atoms with Crippen molar-refractivity contribution in [3.05, 3.63) is 40.6 Å². The Labute approximate surface area is 147 Å². The second-order valence-corrected chi connectivity index (χ2v) is 6.35. The Morgan fingerprint density at radius 1 is 1.08 bits per heavy atom. The molecule has 0 fully saturated rings. The van der Waals surface area contributed by atoms with Gasteiger partial charge in [-0.2, -0.15) is 0 Å². The molecule has 25 heavy (non-hydrogen) atoms. The molecule has 0 radical (unpaired) electrons. The Hall–Kier alpha value is -2.37. The maximum absolute atomic E-state index is 14.5. The second kappa shape index (κ2) is 7.25. The van der Waals surface area contributed by atoms with Crippen molar-refractivity contribution in [3.63, 3.8) is 0 Å². The SMILES string of the molecule is COc1cc(F)c(C(C)Nc2nc(C)nc3c2CCCC3)cc1OC. The summed E-state index contributed by atoms with van der Waals surface area (Å²) in [6.45, 7) is 3.80. The quantitative estimate of drug-likeness (QED) is 0.888. The van der Waals surface area contributed by atoms with Crippen LogP contribution in [-0.2, 0) is 12.8 Å². The van der Waals surface area contributed by atoms with E-state index in [-0.39, 0.29) is 11.9 Å². The maximum Gasteiger partial charge on any atom is 0.163 e. The Kier molecular flexibility index (Phi) is 5.06. The summed E-state index contributed by atoms with van der Waals surface area (Å²) in [5, 5.41) is 3.37. The van der Waals surface area contributed by atoms with Crippen LogP contribution in [-0.4, -0.2) is 24.2 Å². The molecule has 1 heterocycles. The number of aromatic nitrogens is 2. The molecule has 1 unspecified atom stereocenters. The molecule has 0 aliphatic heterocycles. The van der Waals surface area contributed by atoms with Gasteiger partial charge in [0.1, 0.15) is 17.5 Å². The van der Waals surface area contributed by atoms with Gasteiger partial charge in [0.05, 0.1) is 20.3 Å². The molecular formula is C19H24FN3O2. The van der Waals surface area contributed by atoms with Crippen molar-refractivity contribution in [3.8, 4) is 11.5 Å². The number of methoxy groups -OCH3 is 2. The monoisotopic (exact) mass is 345 g/mol. The molecule has 5 nitrogen and oxygen atoms in total. The standard InChI is InChI=1S/C19H24FN3O2/c1-11(14-9-17(24-3)18(25-4)10-15(14)20)21-19-13-7-5-6-8-16(13)22-12(2)23-19/h9-11H,5-8H2,1-4H3,(H,21,22,23). The highest BCUT2D eigenvalue weighted by Gasteiger charge is 2.21. The first kappa shape index (κ1) is 17.5. The summed E-state index contributed by atoms with van der Waals surface area (Å²) in [7, 11) is 3.04. The van der Waals surface area contributed by atoms with Gasteiger partial charge in [-0.3, -0.25) is 0 Å². The maximum atomic E-state index is 14.5. The molecule has 2 aromatic rings. The molecule has 3 rings (SSSR count). The number of benzene rings is 1. The van der Waals surface area contributed by atoms with Gasteiger partial charge in [-0.15, -0.1) is 0 Å². The van der Waals surface area contributed by atoms with E-state index in [4.69, 9.17) is 9.47 Å². The largest absolute Gasteiger partial charge is 0.493 e. The van der Waals surface area contributed by atoms with Crippen molar-refractivity contribution in [1.82, 2.24) is 9.97 Å². The van der Waals surface area contributed by atoms with Crippen molar-refractivity contribution in [2.45, 2.75) is 45.6 Å². The summed E-state index contributed by atoms with van der Waals surface area (Å²) in [5.41, 5.74) is 2.78. The van der Waals surface area contributed by atoms with Crippen molar-refractivity contribution in [2.24, 2.45) is 0 Å². The molecule has 1 N–H and O–H groups in total. The lowest BCUT2D eigenvalue weighted by Crippen LogP contribution is -2.16. The van der Waals surface area contributed by atoms with Gasteiger partial charge >= 0.3 is 0 Å². The van der Waals surface area contributed by atoms with E-state index in [1.165, 1.54) is 13.2 Å². The third-order valence-corrected chi connectivity index (χ3v) is 4.62. The van der Waals surface area contributed by atoms with Crippen molar-refractivity contribution < 1.29 is 13.9 Å². The molecule has 1 atom stereocenters. The van der Waals surface area contributed by atoms with Crippen molar-refractivity contribution in [1.29, 1.82) is 0 Å². The van der Waals surface area contributed by atoms with E-state index in [1.807, 2.05) is 13.8 Å². The predicted molar refractivity (Wildman–Crippen MR) is 95.0 cm³/mol. The van der Waals surface area contributed by atoms with Crippen molar-refractivity contribution in [2.75, 3.05) is 19.5 Å². The third-order valence-electron chi connectivity index (χ3n) is 4.62. The van der Waals surface area contributed by atoms with Gasteiger partial charge in [0.15, 0.2) is 11.5 Å². The van der Waals surface area contributed by atoms with Crippen LogP contribution in [0.15, 0.2) is 12.1 Å². The topological polar surface area (TPSA) is 56.3 Å². The van der Waals surface area contributed by atoms with Crippen LogP contribution in [0.1, 0.15) is 48.5 Å². The first-order chi connectivity index (χ1) is 12.0. The molecule has 1 aromatic heterocycles. The fraction of sp³-hybridized carbons (Fsp3) is 0.474. The zero-order valence-electron chi connectivity index (χ0n) is 15.1. The third kappa shape index (κ3) is 3.52. The molecule has 1 aromatic carbocycles. The van der Waals surface area contributed by atoms with Crippen LogP contribution in [0.4, 0.5) is 10.2 Å². The van der Waals surface area contributed by atoms with Gasteiger partial charge in [0.25, 0.3) is 0 Å². The first-order valence-electron chi connectivity index (χ1n) is 8.57. The number of ether oxygens (including phenoxy) is 2.